The van der Waals surface area contributed by atoms with E-state index < -0.39 is 0 Å². The number of terminal acetylenes is 1. The van der Waals surface area contributed by atoms with Crippen molar-refractivity contribution in [2.75, 3.05) is 19.6 Å². The molecule has 98 valence electrons. The summed E-state index contributed by atoms with van der Waals surface area (Å²) in [4.78, 5) is 2.26. The molecule has 2 heterocycles. The van der Waals surface area contributed by atoms with Crippen LogP contribution in [0, 0.1) is 18.2 Å². The van der Waals surface area contributed by atoms with Crippen LogP contribution in [0.3, 0.4) is 0 Å². The van der Waals surface area contributed by atoms with Crippen LogP contribution in [-0.2, 0) is 0 Å². The van der Waals surface area contributed by atoms with Crippen molar-refractivity contribution in [3.05, 3.63) is 29.7 Å². The Kier molecular flexibility index (Phi) is 3.22. The predicted octanol–water partition coefficient (Wildman–Crippen LogP) is 2.78. The van der Waals surface area contributed by atoms with E-state index in [4.69, 9.17) is 10.9 Å². The van der Waals surface area contributed by atoms with Gasteiger partial charge in [0.25, 0.3) is 0 Å². The molecule has 0 amide bonds. The van der Waals surface area contributed by atoms with Crippen LogP contribution in [0.2, 0.25) is 0 Å². The van der Waals surface area contributed by atoms with Crippen molar-refractivity contribution in [3.63, 3.8) is 0 Å². The molecule has 1 saturated heterocycles. The fourth-order valence-corrected chi connectivity index (χ4v) is 2.72. The molecule has 19 heavy (non-hydrogen) atoms. The third-order valence-electron chi connectivity index (χ3n) is 3.75. The first-order valence-corrected chi connectivity index (χ1v) is 6.48. The number of hydrogen-bond acceptors (Lipinski definition) is 3. The maximum atomic E-state index is 13.1. The molecule has 0 radical (unpaired) electrons. The Morgan fingerprint density at radius 1 is 1.42 bits per heavy atom. The summed E-state index contributed by atoms with van der Waals surface area (Å²) in [6, 6.07) is 4.60. The van der Waals surface area contributed by atoms with Gasteiger partial charge in [-0.15, -0.1) is 6.42 Å². The fraction of sp³-hybridized carbons (Fsp3) is 0.400. The molecule has 1 aliphatic heterocycles. The first-order chi connectivity index (χ1) is 9.28. The molecule has 1 aromatic heterocycles. The Hall–Kier alpha value is -1.86. The van der Waals surface area contributed by atoms with E-state index >= 15 is 0 Å². The van der Waals surface area contributed by atoms with Crippen molar-refractivity contribution in [3.8, 4) is 12.3 Å². The molecule has 0 unspecified atom stereocenters. The van der Waals surface area contributed by atoms with E-state index in [0.29, 0.717) is 18.0 Å². The minimum absolute atomic E-state index is 0.293. The summed E-state index contributed by atoms with van der Waals surface area (Å²) in [5.41, 5.74) is 1.48. The molecule has 4 heteroatoms. The van der Waals surface area contributed by atoms with Gasteiger partial charge in [0.1, 0.15) is 5.82 Å². The summed E-state index contributed by atoms with van der Waals surface area (Å²) in [6.45, 7) is 2.66. The molecule has 0 N–H and O–H groups in total. The lowest BCUT2D eigenvalue weighted by Gasteiger charge is -2.29. The third kappa shape index (κ3) is 2.34. The second-order valence-electron chi connectivity index (χ2n) is 4.96. The number of piperidine rings is 1. The normalized spacial score (nSPS) is 17.7. The Bertz CT molecular complexity index is 621. The van der Waals surface area contributed by atoms with E-state index in [1.807, 2.05) is 0 Å². The zero-order valence-electron chi connectivity index (χ0n) is 10.6. The highest BCUT2D eigenvalue weighted by molar-refractivity contribution is 5.79. The summed E-state index contributed by atoms with van der Waals surface area (Å²) in [5, 5.41) is 5.06. The van der Waals surface area contributed by atoms with Gasteiger partial charge in [0, 0.05) is 17.4 Å². The Morgan fingerprint density at radius 2 is 2.21 bits per heavy atom. The van der Waals surface area contributed by atoms with Crippen LogP contribution in [-0.4, -0.2) is 29.7 Å². The van der Waals surface area contributed by atoms with Crippen molar-refractivity contribution in [2.45, 2.75) is 18.8 Å². The molecular weight excluding hydrogens is 243 g/mol. The summed E-state index contributed by atoms with van der Waals surface area (Å²) in [6.07, 6.45) is 7.35. The number of fused-ring (bicyclic) bond motifs is 1. The summed E-state index contributed by atoms with van der Waals surface area (Å²) >= 11 is 0. The first kappa shape index (κ1) is 12.2. The topological polar surface area (TPSA) is 29.3 Å². The van der Waals surface area contributed by atoms with E-state index in [1.165, 1.54) is 12.1 Å². The predicted molar refractivity (Wildman–Crippen MR) is 71.2 cm³/mol. The molecular formula is C15H15FN2O. The number of halogens is 1. The van der Waals surface area contributed by atoms with Crippen molar-refractivity contribution >= 4 is 11.0 Å². The molecule has 0 atom stereocenters. The zero-order chi connectivity index (χ0) is 13.2. The number of benzene rings is 1. The molecule has 2 aromatic rings. The summed E-state index contributed by atoms with van der Waals surface area (Å²) < 4.78 is 18.3. The van der Waals surface area contributed by atoms with Gasteiger partial charge < -0.3 is 4.52 Å². The van der Waals surface area contributed by atoms with E-state index in [2.05, 4.69) is 16.0 Å². The van der Waals surface area contributed by atoms with E-state index in [9.17, 15) is 4.39 Å². The lowest BCUT2D eigenvalue weighted by Crippen LogP contribution is -2.33. The highest BCUT2D eigenvalue weighted by atomic mass is 19.1. The smallest absolute Gasteiger partial charge is 0.170 e. The van der Waals surface area contributed by atoms with Gasteiger partial charge in [0.05, 0.1) is 12.2 Å². The number of nitrogens with zero attached hydrogens (tertiary/aromatic N) is 2. The SMILES string of the molecule is C#CCN1CCC(c2noc3cc(F)ccc23)CC1. The minimum atomic E-state index is -0.293. The fourth-order valence-electron chi connectivity index (χ4n) is 2.72. The Morgan fingerprint density at radius 3 is 2.95 bits per heavy atom. The highest BCUT2D eigenvalue weighted by Crippen LogP contribution is 2.32. The van der Waals surface area contributed by atoms with Gasteiger partial charge >= 0.3 is 0 Å². The van der Waals surface area contributed by atoms with Gasteiger partial charge in [-0.25, -0.2) is 4.39 Å². The third-order valence-corrected chi connectivity index (χ3v) is 3.75. The van der Waals surface area contributed by atoms with Crippen LogP contribution in [0.15, 0.2) is 22.7 Å². The van der Waals surface area contributed by atoms with Gasteiger partial charge in [0.15, 0.2) is 5.58 Å². The Balaban J connectivity index is 1.81. The summed E-state index contributed by atoms with van der Waals surface area (Å²) in [7, 11) is 0. The quantitative estimate of drug-likeness (QED) is 0.776. The lowest BCUT2D eigenvalue weighted by atomic mass is 9.91. The van der Waals surface area contributed by atoms with Gasteiger partial charge in [-0.3, -0.25) is 4.90 Å². The van der Waals surface area contributed by atoms with Crippen LogP contribution < -0.4 is 0 Å². The lowest BCUT2D eigenvalue weighted by molar-refractivity contribution is 0.232. The van der Waals surface area contributed by atoms with E-state index in [-0.39, 0.29) is 5.82 Å². The molecule has 0 saturated carbocycles. The van der Waals surface area contributed by atoms with E-state index in [1.54, 1.807) is 6.07 Å². The first-order valence-electron chi connectivity index (χ1n) is 6.48. The summed E-state index contributed by atoms with van der Waals surface area (Å²) in [5.74, 6) is 2.76. The monoisotopic (exact) mass is 258 g/mol. The molecule has 0 spiro atoms. The standard InChI is InChI=1S/C15H15FN2O/c1-2-7-18-8-5-11(6-9-18)15-13-4-3-12(16)10-14(13)19-17-15/h1,3-4,10-11H,5-9H2. The molecule has 3 nitrogen and oxygen atoms in total. The van der Waals surface area contributed by atoms with E-state index in [0.717, 1.165) is 37.0 Å². The molecule has 3 rings (SSSR count). The largest absolute Gasteiger partial charge is 0.356 e. The maximum absolute atomic E-state index is 13.1. The van der Waals surface area contributed by atoms with Gasteiger partial charge in [-0.1, -0.05) is 11.1 Å². The second-order valence-corrected chi connectivity index (χ2v) is 4.96. The number of likely N-dealkylation sites (tertiary alicyclic amines) is 1. The average molecular weight is 258 g/mol. The van der Waals surface area contributed by atoms with Gasteiger partial charge in [0.2, 0.25) is 0 Å². The second kappa shape index (κ2) is 5.02. The Labute approximate surface area is 111 Å². The van der Waals surface area contributed by atoms with Gasteiger partial charge in [-0.05, 0) is 38.1 Å². The molecule has 0 aliphatic carbocycles. The van der Waals surface area contributed by atoms with Crippen molar-refractivity contribution < 1.29 is 8.91 Å². The molecule has 1 aliphatic rings. The van der Waals surface area contributed by atoms with Crippen LogP contribution >= 0.6 is 0 Å². The zero-order valence-corrected chi connectivity index (χ0v) is 10.6. The molecule has 1 fully saturated rings. The van der Waals surface area contributed by atoms with Crippen LogP contribution in [0.25, 0.3) is 11.0 Å². The minimum Gasteiger partial charge on any atom is -0.356 e. The van der Waals surface area contributed by atoms with Crippen molar-refractivity contribution in [1.82, 2.24) is 10.1 Å². The van der Waals surface area contributed by atoms with Gasteiger partial charge in [-0.2, -0.15) is 0 Å². The number of aromatic nitrogens is 1. The highest BCUT2D eigenvalue weighted by Gasteiger charge is 2.24. The van der Waals surface area contributed by atoms with Crippen LogP contribution in [0.4, 0.5) is 4.39 Å². The number of rotatable bonds is 2. The van der Waals surface area contributed by atoms with Crippen LogP contribution in [0.5, 0.6) is 0 Å². The molecule has 0 bridgehead atoms. The molecule has 1 aromatic carbocycles. The van der Waals surface area contributed by atoms with Crippen molar-refractivity contribution in [1.29, 1.82) is 0 Å². The number of hydrogen-bond donors (Lipinski definition) is 0. The van der Waals surface area contributed by atoms with Crippen LogP contribution in [0.1, 0.15) is 24.5 Å². The average Bonchev–Trinajstić information content (AvgIpc) is 2.83. The van der Waals surface area contributed by atoms with Crippen molar-refractivity contribution in [2.24, 2.45) is 0 Å². The maximum Gasteiger partial charge on any atom is 0.170 e.